The fraction of sp³-hybridized carbons (Fsp3) is 0.706. The molecule has 14 atom stereocenters. The van der Waals surface area contributed by atoms with Gasteiger partial charge in [-0.2, -0.15) is 0 Å². The first kappa shape index (κ1) is 59.5. The van der Waals surface area contributed by atoms with Crippen LogP contribution >= 0.6 is 0 Å². The van der Waals surface area contributed by atoms with Crippen LogP contribution in [0.5, 0.6) is 0 Å². The maximum absolute atomic E-state index is 13.5. The van der Waals surface area contributed by atoms with Gasteiger partial charge in [-0.25, -0.2) is 0 Å². The van der Waals surface area contributed by atoms with Crippen molar-refractivity contribution in [2.45, 2.75) is 168 Å². The van der Waals surface area contributed by atoms with Crippen molar-refractivity contribution in [3.8, 4) is 0 Å². The number of methoxy groups -OCH3 is 3. The molecule has 3 N–H and O–H groups in total. The number of aliphatic carboxylic acids is 1. The molecule has 0 aromatic heterocycles. The van der Waals surface area contributed by atoms with E-state index in [1.807, 2.05) is 57.2 Å². The number of Topliss-reactive ketones (excluding diaryl/α,β-unsaturated/α-hetero) is 2. The van der Waals surface area contributed by atoms with E-state index < -0.39 is 77.8 Å². The van der Waals surface area contributed by atoms with Gasteiger partial charge in [0.2, 0.25) is 5.79 Å². The molecule has 0 radical (unpaired) electrons. The molecule has 3 fully saturated rings. The van der Waals surface area contributed by atoms with Gasteiger partial charge in [0, 0.05) is 52.0 Å². The maximum atomic E-state index is 13.5. The number of likely N-dealkylation sites (tertiary alicyclic amines) is 1. The number of ketones is 3. The van der Waals surface area contributed by atoms with Gasteiger partial charge in [0.15, 0.2) is 11.6 Å². The first-order valence-corrected chi connectivity index (χ1v) is 23.5. The van der Waals surface area contributed by atoms with Gasteiger partial charge < -0.3 is 49.1 Å². The molecule has 0 spiro atoms. The molecule has 0 aromatic carbocycles. The predicted molar refractivity (Wildman–Crippen MR) is 245 cm³/mol. The monoisotopic (exact) mass is 936 g/mol. The molecule has 2 aliphatic heterocycles. The SMILES string of the molecule is COC(CC1CCC(C)[C@](O)(C(=O)C(=O)N2CCCCC2C(=O)[O-])O1)C(C)=CC=CC=CC(C)CC(C)C(=O)C(OC)C(O)C(C)=CC(C)C(=O)C=CC(C)CC1CCC(O)C(OC)C1.[Na+]. The number of nitrogens with zero attached hydrogens (tertiary/aromatic N) is 1. The second-order valence-corrected chi connectivity index (χ2v) is 19.0. The van der Waals surface area contributed by atoms with E-state index in [0.29, 0.717) is 56.4 Å². The van der Waals surface area contributed by atoms with Crippen molar-refractivity contribution in [3.05, 3.63) is 59.8 Å². The van der Waals surface area contributed by atoms with Crippen LogP contribution < -0.4 is 34.7 Å². The van der Waals surface area contributed by atoms with Crippen LogP contribution in [-0.2, 0) is 42.9 Å². The third-order valence-corrected chi connectivity index (χ3v) is 13.7. The summed E-state index contributed by atoms with van der Waals surface area (Å²) in [5.41, 5.74) is 1.34. The molecule has 2 saturated heterocycles. The third kappa shape index (κ3) is 17.1. The Morgan fingerprint density at radius 2 is 1.58 bits per heavy atom. The van der Waals surface area contributed by atoms with Crippen LogP contribution in [0.1, 0.15) is 119 Å². The van der Waals surface area contributed by atoms with Gasteiger partial charge in [0.1, 0.15) is 12.2 Å². The minimum absolute atomic E-state index is 0. The van der Waals surface area contributed by atoms with E-state index in [0.717, 1.165) is 29.7 Å². The van der Waals surface area contributed by atoms with Crippen molar-refractivity contribution in [2.24, 2.45) is 35.5 Å². The summed E-state index contributed by atoms with van der Waals surface area (Å²) in [6.45, 7) is 12.9. The molecule has 0 aromatic rings. The average Bonchev–Trinajstić information content (AvgIpc) is 3.28. The van der Waals surface area contributed by atoms with E-state index >= 15 is 0 Å². The quantitative estimate of drug-likeness (QED) is 0.0418. The van der Waals surface area contributed by atoms with Gasteiger partial charge in [0.25, 0.3) is 11.7 Å². The van der Waals surface area contributed by atoms with E-state index in [1.54, 1.807) is 47.1 Å². The van der Waals surface area contributed by atoms with Gasteiger partial charge >= 0.3 is 29.6 Å². The van der Waals surface area contributed by atoms with Gasteiger partial charge in [-0.1, -0.05) is 77.2 Å². The molecule has 1 aliphatic carbocycles. The van der Waals surface area contributed by atoms with Crippen molar-refractivity contribution >= 4 is 29.2 Å². The maximum Gasteiger partial charge on any atom is 1.00 e. The van der Waals surface area contributed by atoms with Crippen molar-refractivity contribution in [3.63, 3.8) is 0 Å². The number of carboxylic acid groups (broad SMARTS) is 1. The molecule has 3 aliphatic rings. The molecule has 15 heteroatoms. The summed E-state index contributed by atoms with van der Waals surface area (Å²) in [6, 6.07) is -1.23. The predicted octanol–water partition coefficient (Wildman–Crippen LogP) is 2.18. The second-order valence-electron chi connectivity index (χ2n) is 19.0. The first-order chi connectivity index (χ1) is 30.7. The largest absolute Gasteiger partial charge is 1.00 e. The molecule has 0 bridgehead atoms. The van der Waals surface area contributed by atoms with Crippen LogP contribution in [0, 0.1) is 35.5 Å². The van der Waals surface area contributed by atoms with Crippen LogP contribution in [0.3, 0.4) is 0 Å². The number of hydrogen-bond donors (Lipinski definition) is 3. The van der Waals surface area contributed by atoms with E-state index in [9.17, 15) is 44.4 Å². The average molecular weight is 936 g/mol. The molecule has 14 nitrogen and oxygen atoms in total. The summed E-state index contributed by atoms with van der Waals surface area (Å²) < 4.78 is 22.6. The van der Waals surface area contributed by atoms with Gasteiger partial charge in [0.05, 0.1) is 36.4 Å². The Morgan fingerprint density at radius 1 is 0.879 bits per heavy atom. The van der Waals surface area contributed by atoms with Crippen LogP contribution in [0.4, 0.5) is 0 Å². The zero-order valence-corrected chi connectivity index (χ0v) is 43.5. The van der Waals surface area contributed by atoms with Crippen LogP contribution in [0.25, 0.3) is 0 Å². The summed E-state index contributed by atoms with van der Waals surface area (Å²) >= 11 is 0. The fourth-order valence-corrected chi connectivity index (χ4v) is 9.47. The van der Waals surface area contributed by atoms with E-state index in [2.05, 4.69) is 6.92 Å². The number of piperidine rings is 1. The van der Waals surface area contributed by atoms with E-state index in [1.165, 1.54) is 7.11 Å². The zero-order chi connectivity index (χ0) is 48.6. The Morgan fingerprint density at radius 3 is 2.21 bits per heavy atom. The minimum atomic E-state index is -2.40. The second kappa shape index (κ2) is 28.8. The molecule has 1 saturated carbocycles. The Kier molecular flexibility index (Phi) is 25.9. The van der Waals surface area contributed by atoms with E-state index in [4.69, 9.17) is 18.9 Å². The van der Waals surface area contributed by atoms with Crippen molar-refractivity contribution < 1.29 is 92.9 Å². The molecular weight excluding hydrogens is 858 g/mol. The molecular formula is C51H78NNaO13. The topological polar surface area (TPSA) is 209 Å². The summed E-state index contributed by atoms with van der Waals surface area (Å²) in [5, 5.41) is 44.4. The minimum Gasteiger partial charge on any atom is -0.548 e. The fourth-order valence-electron chi connectivity index (χ4n) is 9.47. The van der Waals surface area contributed by atoms with Gasteiger partial charge in [-0.05, 0) is 113 Å². The number of carbonyl (C=O) groups excluding carboxylic acids is 5. The number of rotatable bonds is 24. The van der Waals surface area contributed by atoms with Crippen LogP contribution in [0.15, 0.2) is 59.8 Å². The molecule has 366 valence electrons. The molecule has 2 heterocycles. The Labute approximate surface area is 415 Å². The number of carbonyl (C=O) groups is 5. The van der Waals surface area contributed by atoms with E-state index in [-0.39, 0.29) is 72.0 Å². The van der Waals surface area contributed by atoms with Crippen molar-refractivity contribution in [1.82, 2.24) is 4.90 Å². The van der Waals surface area contributed by atoms with Crippen LogP contribution in [-0.4, -0.2) is 126 Å². The van der Waals surface area contributed by atoms with Gasteiger partial charge in [-0.3, -0.25) is 19.2 Å². The summed E-state index contributed by atoms with van der Waals surface area (Å²) in [4.78, 5) is 65.8. The Balaban J connectivity index is 0.0000150. The van der Waals surface area contributed by atoms with Crippen LogP contribution in [0.2, 0.25) is 0 Å². The molecule has 3 rings (SSSR count). The number of aliphatic hydroxyl groups is 3. The number of carboxylic acids is 1. The number of aliphatic hydroxyl groups excluding tert-OH is 2. The first-order valence-electron chi connectivity index (χ1n) is 23.5. The zero-order valence-electron chi connectivity index (χ0n) is 41.5. The smallest absolute Gasteiger partial charge is 0.548 e. The summed E-state index contributed by atoms with van der Waals surface area (Å²) in [6.07, 6.45) is 17.1. The number of hydrogen-bond acceptors (Lipinski definition) is 13. The Hall–Kier alpha value is -2.63. The molecule has 66 heavy (non-hydrogen) atoms. The van der Waals surface area contributed by atoms with Crippen molar-refractivity contribution in [1.29, 1.82) is 0 Å². The molecule has 13 unspecified atom stereocenters. The summed E-state index contributed by atoms with van der Waals surface area (Å²) in [5.74, 6) is -7.43. The number of ether oxygens (including phenoxy) is 4. The molecule has 1 amide bonds. The Bertz CT molecular complexity index is 1760. The van der Waals surface area contributed by atoms with Gasteiger partial charge in [-0.15, -0.1) is 0 Å². The summed E-state index contributed by atoms with van der Waals surface area (Å²) in [7, 11) is 4.57. The number of allylic oxidation sites excluding steroid dienone is 8. The standard InChI is InChI=1S/C51H79NO13.Na/c1-31(26-35(5)45(55)47(64-10)46(56)36(6)28-34(4)41(53)23-19-32(2)27-38-21-24-42(54)44(29-38)63-9)16-12-11-13-17-33(3)43(62-8)30-39-22-20-37(7)51(61,65-39)48(57)49(58)52-25-15-14-18-40(52)50(59)60;/h11-13,16-17,19,23,28,31-32,34-35,37-40,42-44,46-47,54,56,61H,14-15,18,20-22,24-27,29-30H2,1-10H3,(H,59,60);/q;+1/p-1/t31?,32?,34?,35?,37?,38?,39?,40?,42?,43?,44?,46?,47?,51-;/m1./s1. The third-order valence-electron chi connectivity index (χ3n) is 13.7. The number of amides is 1. The van der Waals surface area contributed by atoms with Crippen molar-refractivity contribution in [2.75, 3.05) is 27.9 Å². The normalized spacial score (nSPS) is 28.9.